The lowest BCUT2D eigenvalue weighted by Gasteiger charge is -1.88. The van der Waals surface area contributed by atoms with Crippen LogP contribution in [0, 0.1) is 0 Å². The van der Waals surface area contributed by atoms with Gasteiger partial charge in [-0.05, 0) is 17.7 Å². The molecule has 2 aromatic heterocycles. The molecule has 0 bridgehead atoms. The standard InChI is InChI=1S/C11H8N2O2S/c14-11(15)9-7-13-10(16-9)4-3-8-2-1-5-12-6-8/h1-7H,(H,14,15)/b4-3-. The summed E-state index contributed by atoms with van der Waals surface area (Å²) in [6.07, 6.45) is 8.40. The molecule has 16 heavy (non-hydrogen) atoms. The maximum atomic E-state index is 10.6. The van der Waals surface area contributed by atoms with E-state index in [4.69, 9.17) is 5.11 Å². The highest BCUT2D eigenvalue weighted by Crippen LogP contribution is 2.15. The fraction of sp³-hybridized carbons (Fsp3) is 0. The van der Waals surface area contributed by atoms with Gasteiger partial charge in [-0.15, -0.1) is 11.3 Å². The molecule has 0 spiro atoms. The van der Waals surface area contributed by atoms with Gasteiger partial charge in [0.05, 0.1) is 6.20 Å². The first-order chi connectivity index (χ1) is 7.75. The molecule has 2 heterocycles. The van der Waals surface area contributed by atoms with E-state index in [9.17, 15) is 4.79 Å². The third-order valence-corrected chi connectivity index (χ3v) is 2.79. The first-order valence-corrected chi connectivity index (χ1v) is 5.34. The summed E-state index contributed by atoms with van der Waals surface area (Å²) >= 11 is 1.14. The van der Waals surface area contributed by atoms with E-state index in [-0.39, 0.29) is 4.88 Å². The average Bonchev–Trinajstić information content (AvgIpc) is 2.76. The van der Waals surface area contributed by atoms with E-state index >= 15 is 0 Å². The molecule has 5 heteroatoms. The number of aromatic nitrogens is 2. The summed E-state index contributed by atoms with van der Waals surface area (Å²) in [5.41, 5.74) is 0.953. The first-order valence-electron chi connectivity index (χ1n) is 4.53. The molecule has 0 saturated carbocycles. The van der Waals surface area contributed by atoms with Crippen LogP contribution in [-0.2, 0) is 0 Å². The molecule has 0 aliphatic rings. The highest BCUT2D eigenvalue weighted by molar-refractivity contribution is 7.14. The van der Waals surface area contributed by atoms with E-state index in [1.54, 1.807) is 18.5 Å². The van der Waals surface area contributed by atoms with Crippen LogP contribution >= 0.6 is 11.3 Å². The molecule has 0 unspecified atom stereocenters. The number of hydrogen-bond donors (Lipinski definition) is 1. The summed E-state index contributed by atoms with van der Waals surface area (Å²) in [5.74, 6) is -0.946. The summed E-state index contributed by atoms with van der Waals surface area (Å²) in [4.78, 5) is 18.8. The molecule has 0 aliphatic carbocycles. The van der Waals surface area contributed by atoms with Crippen molar-refractivity contribution in [3.8, 4) is 0 Å². The van der Waals surface area contributed by atoms with Gasteiger partial charge < -0.3 is 5.11 Å². The quantitative estimate of drug-likeness (QED) is 0.882. The van der Waals surface area contributed by atoms with Gasteiger partial charge in [-0.25, -0.2) is 9.78 Å². The van der Waals surface area contributed by atoms with Crippen LogP contribution in [0.4, 0.5) is 0 Å². The number of aromatic carboxylic acids is 1. The Labute approximate surface area is 95.9 Å². The van der Waals surface area contributed by atoms with E-state index in [1.165, 1.54) is 6.20 Å². The van der Waals surface area contributed by atoms with Gasteiger partial charge in [0.1, 0.15) is 9.88 Å². The average molecular weight is 232 g/mol. The number of nitrogens with zero attached hydrogens (tertiary/aromatic N) is 2. The summed E-state index contributed by atoms with van der Waals surface area (Å²) in [6.45, 7) is 0. The van der Waals surface area contributed by atoms with Gasteiger partial charge in [0.15, 0.2) is 0 Å². The van der Waals surface area contributed by atoms with Crippen molar-refractivity contribution >= 4 is 29.5 Å². The number of rotatable bonds is 3. The van der Waals surface area contributed by atoms with Gasteiger partial charge >= 0.3 is 5.97 Å². The van der Waals surface area contributed by atoms with E-state index < -0.39 is 5.97 Å². The van der Waals surface area contributed by atoms with Gasteiger partial charge in [-0.2, -0.15) is 0 Å². The summed E-state index contributed by atoms with van der Waals surface area (Å²) in [5, 5.41) is 9.39. The molecule has 80 valence electrons. The smallest absolute Gasteiger partial charge is 0.347 e. The lowest BCUT2D eigenvalue weighted by Crippen LogP contribution is -1.89. The third-order valence-electron chi connectivity index (χ3n) is 1.84. The molecule has 0 aromatic carbocycles. The highest BCUT2D eigenvalue weighted by Gasteiger charge is 2.05. The Kier molecular flexibility index (Phi) is 3.07. The van der Waals surface area contributed by atoms with E-state index in [1.807, 2.05) is 18.2 Å². The van der Waals surface area contributed by atoms with Crippen LogP contribution in [0.1, 0.15) is 20.2 Å². The minimum absolute atomic E-state index is 0.242. The van der Waals surface area contributed by atoms with Crippen molar-refractivity contribution < 1.29 is 9.90 Å². The molecule has 1 N–H and O–H groups in total. The second kappa shape index (κ2) is 4.67. The van der Waals surface area contributed by atoms with Gasteiger partial charge in [0.25, 0.3) is 0 Å². The monoisotopic (exact) mass is 232 g/mol. The van der Waals surface area contributed by atoms with Crippen LogP contribution in [0.5, 0.6) is 0 Å². The minimum Gasteiger partial charge on any atom is -0.477 e. The molecule has 0 atom stereocenters. The van der Waals surface area contributed by atoms with Crippen LogP contribution in [0.15, 0.2) is 30.7 Å². The SMILES string of the molecule is O=C(O)c1cnc(/C=C\c2cccnc2)s1. The van der Waals surface area contributed by atoms with E-state index in [0.29, 0.717) is 5.01 Å². The van der Waals surface area contributed by atoms with Crippen LogP contribution < -0.4 is 0 Å². The molecule has 2 rings (SSSR count). The lowest BCUT2D eigenvalue weighted by molar-refractivity contribution is 0.0702. The second-order valence-electron chi connectivity index (χ2n) is 2.99. The number of carboxylic acids is 1. The summed E-state index contributed by atoms with van der Waals surface area (Å²) in [6, 6.07) is 3.75. The zero-order valence-electron chi connectivity index (χ0n) is 8.20. The zero-order valence-corrected chi connectivity index (χ0v) is 9.02. The molecule has 0 radical (unpaired) electrons. The number of carboxylic acid groups (broad SMARTS) is 1. The Morgan fingerprint density at radius 1 is 1.38 bits per heavy atom. The van der Waals surface area contributed by atoms with Crippen LogP contribution in [0.2, 0.25) is 0 Å². The lowest BCUT2D eigenvalue weighted by atomic mass is 10.3. The fourth-order valence-corrected chi connectivity index (χ4v) is 1.77. The predicted molar refractivity (Wildman–Crippen MR) is 62.2 cm³/mol. The van der Waals surface area contributed by atoms with Gasteiger partial charge in [0.2, 0.25) is 0 Å². The van der Waals surface area contributed by atoms with Crippen molar-refractivity contribution in [1.29, 1.82) is 0 Å². The minimum atomic E-state index is -0.946. The Hall–Kier alpha value is -2.01. The van der Waals surface area contributed by atoms with Crippen molar-refractivity contribution in [3.05, 3.63) is 46.2 Å². The summed E-state index contributed by atoms with van der Waals surface area (Å²) in [7, 11) is 0. The fourth-order valence-electron chi connectivity index (χ4n) is 1.11. The largest absolute Gasteiger partial charge is 0.477 e. The molecular formula is C11H8N2O2S. The molecule has 0 aliphatic heterocycles. The topological polar surface area (TPSA) is 63.1 Å². The molecule has 0 saturated heterocycles. The van der Waals surface area contributed by atoms with Crippen molar-refractivity contribution in [2.75, 3.05) is 0 Å². The van der Waals surface area contributed by atoms with Crippen molar-refractivity contribution in [3.63, 3.8) is 0 Å². The van der Waals surface area contributed by atoms with E-state index in [2.05, 4.69) is 9.97 Å². The van der Waals surface area contributed by atoms with Gasteiger partial charge in [-0.3, -0.25) is 4.98 Å². The maximum absolute atomic E-state index is 10.6. The Balaban J connectivity index is 2.15. The zero-order chi connectivity index (χ0) is 11.4. The molecule has 2 aromatic rings. The normalized spacial score (nSPS) is 10.8. The van der Waals surface area contributed by atoms with Crippen LogP contribution in [0.25, 0.3) is 12.2 Å². The number of pyridine rings is 1. The number of hydrogen-bond acceptors (Lipinski definition) is 4. The van der Waals surface area contributed by atoms with Gasteiger partial charge in [-0.1, -0.05) is 12.1 Å². The molecule has 0 fully saturated rings. The number of thiazole rings is 1. The number of carbonyl (C=O) groups is 1. The van der Waals surface area contributed by atoms with E-state index in [0.717, 1.165) is 16.9 Å². The van der Waals surface area contributed by atoms with Crippen LogP contribution in [0.3, 0.4) is 0 Å². The maximum Gasteiger partial charge on any atom is 0.347 e. The Bertz CT molecular complexity index is 520. The predicted octanol–water partition coefficient (Wildman–Crippen LogP) is 2.41. The van der Waals surface area contributed by atoms with Crippen molar-refractivity contribution in [2.24, 2.45) is 0 Å². The van der Waals surface area contributed by atoms with Crippen molar-refractivity contribution in [2.45, 2.75) is 0 Å². The Morgan fingerprint density at radius 2 is 2.25 bits per heavy atom. The Morgan fingerprint density at radius 3 is 2.88 bits per heavy atom. The molecule has 4 nitrogen and oxygen atoms in total. The molecule has 0 amide bonds. The molecular weight excluding hydrogens is 224 g/mol. The van der Waals surface area contributed by atoms with Crippen molar-refractivity contribution in [1.82, 2.24) is 9.97 Å². The third kappa shape index (κ3) is 2.52. The van der Waals surface area contributed by atoms with Gasteiger partial charge in [0, 0.05) is 12.4 Å². The highest BCUT2D eigenvalue weighted by atomic mass is 32.1. The first kappa shape index (κ1) is 10.5. The summed E-state index contributed by atoms with van der Waals surface area (Å²) < 4.78 is 0. The van der Waals surface area contributed by atoms with Crippen LogP contribution in [-0.4, -0.2) is 21.0 Å². The second-order valence-corrected chi connectivity index (χ2v) is 4.05.